The zero-order chi connectivity index (χ0) is 16.8. The minimum atomic E-state index is -3.81. The van der Waals surface area contributed by atoms with Crippen molar-refractivity contribution >= 4 is 24.5 Å². The van der Waals surface area contributed by atoms with Crippen molar-refractivity contribution in [3.05, 3.63) is 42.7 Å². The number of ether oxygens (including phenoxy) is 1. The van der Waals surface area contributed by atoms with Crippen LogP contribution in [0.5, 0.6) is 0 Å². The third kappa shape index (κ3) is 16.3. The third-order valence-corrected chi connectivity index (χ3v) is 1.68. The Labute approximate surface area is 132 Å². The molecule has 9 nitrogen and oxygen atoms in total. The molecule has 0 atom stereocenters. The third-order valence-electron chi connectivity index (χ3n) is 1.68. The fraction of sp³-hybridized carbons (Fsp3) is 0.273. The maximum absolute atomic E-state index is 10.8. The lowest BCUT2D eigenvalue weighted by atomic mass is 10.3. The normalized spacial score (nSPS) is 9.64. The molecule has 0 aliphatic carbocycles. The summed E-state index contributed by atoms with van der Waals surface area (Å²) in [5.41, 5.74) is 0.781. The van der Waals surface area contributed by atoms with Gasteiger partial charge in [-0.05, 0) is 30.9 Å². The molecule has 0 aliphatic heterocycles. The Bertz CT molecular complexity index is 514. The first-order valence-corrected chi connectivity index (χ1v) is 8.61. The van der Waals surface area contributed by atoms with Crippen molar-refractivity contribution in [3.8, 4) is 0 Å². The van der Waals surface area contributed by atoms with E-state index in [-0.39, 0.29) is 12.4 Å². The average Bonchev–Trinajstić information content (AvgIpc) is 2.92. The lowest BCUT2D eigenvalue weighted by Crippen LogP contribution is -2.07. The number of aromatic amines is 1. The van der Waals surface area contributed by atoms with Crippen LogP contribution in [0.1, 0.15) is 12.6 Å². The van der Waals surface area contributed by atoms with Crippen LogP contribution in [0.25, 0.3) is 0 Å². The molecule has 2 aromatic heterocycles. The minimum absolute atomic E-state index is 0.225. The van der Waals surface area contributed by atoms with E-state index in [0.717, 1.165) is 5.69 Å². The molecule has 0 fully saturated rings. The molecule has 2 aromatic rings. The first-order chi connectivity index (χ1) is 10.3. The SMILES string of the molecule is CCOC(=O)Cc1ccn[nH]1.OP(O)(O)=S.c1cncnc1. The molecule has 2 heterocycles. The van der Waals surface area contributed by atoms with Gasteiger partial charge >= 0.3 is 12.7 Å². The summed E-state index contributed by atoms with van der Waals surface area (Å²) in [4.78, 5) is 40.9. The van der Waals surface area contributed by atoms with Gasteiger partial charge in [-0.25, -0.2) is 9.97 Å². The van der Waals surface area contributed by atoms with Crippen LogP contribution in [0.2, 0.25) is 0 Å². The van der Waals surface area contributed by atoms with E-state index < -0.39 is 6.72 Å². The van der Waals surface area contributed by atoms with E-state index in [9.17, 15) is 4.79 Å². The fourth-order valence-electron chi connectivity index (χ4n) is 1.00. The molecule has 0 radical (unpaired) electrons. The number of carbonyl (C=O) groups is 1. The van der Waals surface area contributed by atoms with Gasteiger partial charge in [0.2, 0.25) is 0 Å². The van der Waals surface area contributed by atoms with E-state index >= 15 is 0 Å². The summed E-state index contributed by atoms with van der Waals surface area (Å²) < 4.78 is 4.73. The number of nitrogens with zero attached hydrogens (tertiary/aromatic N) is 3. The van der Waals surface area contributed by atoms with Gasteiger partial charge in [-0.15, -0.1) is 0 Å². The smallest absolute Gasteiger partial charge is 0.319 e. The molecule has 0 amide bonds. The Morgan fingerprint density at radius 1 is 1.32 bits per heavy atom. The first-order valence-electron chi connectivity index (χ1n) is 5.95. The summed E-state index contributed by atoms with van der Waals surface area (Å²) in [6.07, 6.45) is 6.75. The van der Waals surface area contributed by atoms with Gasteiger partial charge in [0, 0.05) is 24.3 Å². The second kappa shape index (κ2) is 11.9. The van der Waals surface area contributed by atoms with Gasteiger partial charge in [-0.3, -0.25) is 9.89 Å². The number of carbonyl (C=O) groups excluding carboxylic acids is 1. The number of hydrogen-bond donors (Lipinski definition) is 4. The van der Waals surface area contributed by atoms with Crippen molar-refractivity contribution in [2.45, 2.75) is 13.3 Å². The van der Waals surface area contributed by atoms with Crippen molar-refractivity contribution in [2.24, 2.45) is 0 Å². The number of nitrogens with one attached hydrogen (secondary N) is 1. The van der Waals surface area contributed by atoms with Gasteiger partial charge in [0.1, 0.15) is 6.33 Å². The van der Waals surface area contributed by atoms with E-state index in [1.807, 2.05) is 0 Å². The maximum Gasteiger partial charge on any atom is 0.319 e. The number of esters is 1. The monoisotopic (exact) mass is 348 g/mol. The Morgan fingerprint density at radius 2 is 1.91 bits per heavy atom. The molecular formula is C11H17N4O5PS. The largest absolute Gasteiger partial charge is 0.466 e. The van der Waals surface area contributed by atoms with Crippen molar-refractivity contribution in [1.82, 2.24) is 20.2 Å². The Morgan fingerprint density at radius 3 is 2.23 bits per heavy atom. The summed E-state index contributed by atoms with van der Waals surface area (Å²) in [5.74, 6) is -0.225. The highest BCUT2D eigenvalue weighted by Crippen LogP contribution is 2.26. The highest BCUT2D eigenvalue weighted by atomic mass is 32.5. The summed E-state index contributed by atoms with van der Waals surface area (Å²) in [6.45, 7) is -1.60. The quantitative estimate of drug-likeness (QED) is 0.451. The zero-order valence-electron chi connectivity index (χ0n) is 11.7. The minimum Gasteiger partial charge on any atom is -0.466 e. The number of aromatic nitrogens is 4. The van der Waals surface area contributed by atoms with Crippen molar-refractivity contribution < 1.29 is 24.2 Å². The van der Waals surface area contributed by atoms with Crippen molar-refractivity contribution in [2.75, 3.05) is 6.61 Å². The predicted octanol–water partition coefficient (Wildman–Crippen LogP) is 0.180. The highest BCUT2D eigenvalue weighted by molar-refractivity contribution is 8.06. The molecular weight excluding hydrogens is 331 g/mol. The van der Waals surface area contributed by atoms with Crippen LogP contribution < -0.4 is 0 Å². The second-order valence-electron chi connectivity index (χ2n) is 3.48. The Hall–Kier alpha value is -1.71. The maximum atomic E-state index is 10.8. The molecule has 0 unspecified atom stereocenters. The standard InChI is InChI=1S/C7H10N2O2.C4H4N2.H3O3PS/c1-2-11-7(10)5-6-3-4-8-9-6;1-2-5-4-6-3-1;1-4(2,3)5/h3-4H,2,5H2,1H3,(H,8,9);1-4H;(H3,1,2,3,5). The molecule has 0 aromatic carbocycles. The molecule has 11 heteroatoms. The molecule has 4 N–H and O–H groups in total. The first kappa shape index (κ1) is 20.3. The van der Waals surface area contributed by atoms with E-state index in [1.54, 1.807) is 37.6 Å². The second-order valence-corrected chi connectivity index (χ2v) is 5.98. The van der Waals surface area contributed by atoms with Gasteiger partial charge in [0.15, 0.2) is 0 Å². The Kier molecular flexibility index (Phi) is 11.0. The molecule has 122 valence electrons. The number of H-pyrrole nitrogens is 1. The summed E-state index contributed by atoms with van der Waals surface area (Å²) >= 11 is 3.60. The van der Waals surface area contributed by atoms with Gasteiger partial charge in [-0.2, -0.15) is 5.10 Å². The van der Waals surface area contributed by atoms with Gasteiger partial charge < -0.3 is 19.4 Å². The number of rotatable bonds is 3. The van der Waals surface area contributed by atoms with E-state index in [0.29, 0.717) is 6.61 Å². The van der Waals surface area contributed by atoms with Crippen LogP contribution in [0.3, 0.4) is 0 Å². The van der Waals surface area contributed by atoms with Crippen molar-refractivity contribution in [1.29, 1.82) is 0 Å². The van der Waals surface area contributed by atoms with Gasteiger partial charge in [0.05, 0.1) is 13.0 Å². The van der Waals surface area contributed by atoms with E-state index in [4.69, 9.17) is 19.4 Å². The van der Waals surface area contributed by atoms with Crippen LogP contribution in [0, 0.1) is 0 Å². The van der Waals surface area contributed by atoms with Crippen LogP contribution >= 0.6 is 6.72 Å². The fourth-order valence-corrected chi connectivity index (χ4v) is 1.00. The molecule has 0 aliphatic rings. The molecule has 0 saturated heterocycles. The number of hydrogen-bond acceptors (Lipinski definition) is 6. The van der Waals surface area contributed by atoms with Gasteiger partial charge in [-0.1, -0.05) is 0 Å². The van der Waals surface area contributed by atoms with Crippen LogP contribution in [-0.2, 0) is 27.8 Å². The summed E-state index contributed by atoms with van der Waals surface area (Å²) in [6, 6.07) is 3.52. The van der Waals surface area contributed by atoms with E-state index in [1.165, 1.54) is 6.33 Å². The average molecular weight is 348 g/mol. The van der Waals surface area contributed by atoms with E-state index in [2.05, 4.69) is 32.0 Å². The molecule has 22 heavy (non-hydrogen) atoms. The zero-order valence-corrected chi connectivity index (χ0v) is 13.4. The highest BCUT2D eigenvalue weighted by Gasteiger charge is 2.03. The Balaban J connectivity index is 0.000000338. The lowest BCUT2D eigenvalue weighted by Gasteiger charge is -1.97. The molecule has 0 saturated carbocycles. The van der Waals surface area contributed by atoms with Crippen LogP contribution in [0.4, 0.5) is 0 Å². The molecule has 2 rings (SSSR count). The lowest BCUT2D eigenvalue weighted by molar-refractivity contribution is -0.142. The summed E-state index contributed by atoms with van der Waals surface area (Å²) in [7, 11) is 0. The summed E-state index contributed by atoms with van der Waals surface area (Å²) in [5, 5.41) is 6.38. The molecule has 0 bridgehead atoms. The molecule has 0 spiro atoms. The topological polar surface area (TPSA) is 141 Å². The predicted molar refractivity (Wildman–Crippen MR) is 81.9 cm³/mol. The van der Waals surface area contributed by atoms with Crippen LogP contribution in [-0.4, -0.2) is 47.4 Å². The van der Waals surface area contributed by atoms with Crippen molar-refractivity contribution in [3.63, 3.8) is 0 Å². The van der Waals surface area contributed by atoms with Crippen LogP contribution in [0.15, 0.2) is 37.1 Å². The van der Waals surface area contributed by atoms with Gasteiger partial charge in [0.25, 0.3) is 0 Å².